The minimum atomic E-state index is 0.312. The maximum absolute atomic E-state index is 6.10. The fraction of sp³-hybridized carbons (Fsp3) is 0.750. The Labute approximate surface area is 102 Å². The first-order valence-electron chi connectivity index (χ1n) is 6.27. The van der Waals surface area contributed by atoms with E-state index in [4.69, 9.17) is 10.5 Å². The molecule has 2 rings (SSSR count). The molecule has 1 unspecified atom stereocenters. The SMILES string of the molecule is CC(C)c1nn(C)c(NCC2CCCO2)c1N. The van der Waals surface area contributed by atoms with Crippen molar-refractivity contribution in [1.29, 1.82) is 0 Å². The first kappa shape index (κ1) is 12.2. The zero-order chi connectivity index (χ0) is 12.4. The average molecular weight is 238 g/mol. The van der Waals surface area contributed by atoms with Crippen molar-refractivity contribution in [2.75, 3.05) is 24.2 Å². The van der Waals surface area contributed by atoms with Crippen LogP contribution in [-0.4, -0.2) is 29.0 Å². The van der Waals surface area contributed by atoms with Crippen LogP contribution in [0.3, 0.4) is 0 Å². The second-order valence-electron chi connectivity index (χ2n) is 4.94. The average Bonchev–Trinajstić information content (AvgIpc) is 2.86. The topological polar surface area (TPSA) is 65.1 Å². The van der Waals surface area contributed by atoms with Crippen LogP contribution >= 0.6 is 0 Å². The van der Waals surface area contributed by atoms with Crippen LogP contribution in [0.4, 0.5) is 11.5 Å². The van der Waals surface area contributed by atoms with Crippen LogP contribution in [0.25, 0.3) is 0 Å². The summed E-state index contributed by atoms with van der Waals surface area (Å²) in [5.74, 6) is 1.25. The number of hydrogen-bond donors (Lipinski definition) is 2. The predicted octanol–water partition coefficient (Wildman–Crippen LogP) is 1.72. The van der Waals surface area contributed by atoms with Gasteiger partial charge in [-0.15, -0.1) is 0 Å². The van der Waals surface area contributed by atoms with Crippen LogP contribution in [0.5, 0.6) is 0 Å². The number of nitrogens with one attached hydrogen (secondary N) is 1. The van der Waals surface area contributed by atoms with E-state index in [1.807, 2.05) is 11.7 Å². The summed E-state index contributed by atoms with van der Waals surface area (Å²) in [6, 6.07) is 0. The van der Waals surface area contributed by atoms with Crippen molar-refractivity contribution >= 4 is 11.5 Å². The number of rotatable bonds is 4. The highest BCUT2D eigenvalue weighted by Gasteiger charge is 2.19. The third kappa shape index (κ3) is 2.54. The van der Waals surface area contributed by atoms with E-state index in [0.717, 1.165) is 43.2 Å². The highest BCUT2D eigenvalue weighted by atomic mass is 16.5. The van der Waals surface area contributed by atoms with E-state index in [-0.39, 0.29) is 0 Å². The molecule has 0 saturated carbocycles. The molecule has 1 aromatic rings. The Morgan fingerprint density at radius 3 is 2.88 bits per heavy atom. The largest absolute Gasteiger partial charge is 0.394 e. The third-order valence-electron chi connectivity index (χ3n) is 3.18. The van der Waals surface area contributed by atoms with Crippen molar-refractivity contribution in [3.63, 3.8) is 0 Å². The van der Waals surface area contributed by atoms with Crippen LogP contribution in [0.15, 0.2) is 0 Å². The number of aromatic nitrogens is 2. The van der Waals surface area contributed by atoms with E-state index in [2.05, 4.69) is 24.3 Å². The molecular weight excluding hydrogens is 216 g/mol. The zero-order valence-corrected chi connectivity index (χ0v) is 10.9. The van der Waals surface area contributed by atoms with Gasteiger partial charge in [0.1, 0.15) is 5.82 Å². The zero-order valence-electron chi connectivity index (χ0n) is 10.9. The first-order chi connectivity index (χ1) is 8.09. The number of nitrogen functional groups attached to an aromatic ring is 1. The molecule has 0 radical (unpaired) electrons. The van der Waals surface area contributed by atoms with Gasteiger partial charge in [-0.25, -0.2) is 0 Å². The van der Waals surface area contributed by atoms with Crippen molar-refractivity contribution < 1.29 is 4.74 Å². The molecule has 0 aliphatic carbocycles. The van der Waals surface area contributed by atoms with E-state index < -0.39 is 0 Å². The Balaban J connectivity index is 2.04. The Morgan fingerprint density at radius 2 is 2.35 bits per heavy atom. The summed E-state index contributed by atoms with van der Waals surface area (Å²) in [4.78, 5) is 0. The smallest absolute Gasteiger partial charge is 0.147 e. The van der Waals surface area contributed by atoms with Gasteiger partial charge in [-0.1, -0.05) is 13.8 Å². The molecule has 2 heterocycles. The number of nitrogens with zero attached hydrogens (tertiary/aromatic N) is 2. The van der Waals surface area contributed by atoms with Crippen LogP contribution in [-0.2, 0) is 11.8 Å². The van der Waals surface area contributed by atoms with Crippen molar-refractivity contribution in [3.05, 3.63) is 5.69 Å². The number of aryl methyl sites for hydroxylation is 1. The molecule has 0 bridgehead atoms. The summed E-state index contributed by atoms with van der Waals surface area (Å²) in [7, 11) is 1.92. The summed E-state index contributed by atoms with van der Waals surface area (Å²) < 4.78 is 7.39. The summed E-state index contributed by atoms with van der Waals surface area (Å²) in [5.41, 5.74) is 7.83. The molecule has 0 aromatic carbocycles. The molecule has 1 atom stereocenters. The van der Waals surface area contributed by atoms with Gasteiger partial charge in [0.05, 0.1) is 17.5 Å². The molecule has 96 valence electrons. The van der Waals surface area contributed by atoms with E-state index >= 15 is 0 Å². The van der Waals surface area contributed by atoms with Crippen LogP contribution < -0.4 is 11.1 Å². The minimum Gasteiger partial charge on any atom is -0.394 e. The molecule has 3 N–H and O–H groups in total. The van der Waals surface area contributed by atoms with E-state index in [1.54, 1.807) is 0 Å². The maximum atomic E-state index is 6.10. The van der Waals surface area contributed by atoms with E-state index in [1.165, 1.54) is 0 Å². The lowest BCUT2D eigenvalue weighted by atomic mass is 10.1. The van der Waals surface area contributed by atoms with Gasteiger partial charge in [0.2, 0.25) is 0 Å². The van der Waals surface area contributed by atoms with E-state index in [0.29, 0.717) is 12.0 Å². The van der Waals surface area contributed by atoms with Crippen molar-refractivity contribution in [1.82, 2.24) is 9.78 Å². The van der Waals surface area contributed by atoms with Gasteiger partial charge in [0, 0.05) is 20.2 Å². The predicted molar refractivity (Wildman–Crippen MR) is 69.2 cm³/mol. The summed E-state index contributed by atoms with van der Waals surface area (Å²) in [5, 5.41) is 7.79. The fourth-order valence-corrected chi connectivity index (χ4v) is 2.21. The van der Waals surface area contributed by atoms with Gasteiger partial charge in [0.25, 0.3) is 0 Å². The van der Waals surface area contributed by atoms with Gasteiger partial charge < -0.3 is 15.8 Å². The number of anilines is 2. The molecule has 1 saturated heterocycles. The summed E-state index contributed by atoms with van der Waals surface area (Å²) >= 11 is 0. The summed E-state index contributed by atoms with van der Waals surface area (Å²) in [6.07, 6.45) is 2.60. The molecular formula is C12H22N4O. The molecule has 17 heavy (non-hydrogen) atoms. The Bertz CT molecular complexity index is 380. The van der Waals surface area contributed by atoms with Crippen molar-refractivity contribution in [2.45, 2.75) is 38.7 Å². The van der Waals surface area contributed by atoms with Crippen LogP contribution in [0, 0.1) is 0 Å². The van der Waals surface area contributed by atoms with Gasteiger partial charge in [-0.3, -0.25) is 4.68 Å². The molecule has 1 fully saturated rings. The standard InChI is InChI=1S/C12H22N4O/c1-8(2)11-10(13)12(16(3)15-11)14-7-9-5-4-6-17-9/h8-9,14H,4-7,13H2,1-3H3. The fourth-order valence-electron chi connectivity index (χ4n) is 2.21. The lowest BCUT2D eigenvalue weighted by molar-refractivity contribution is 0.120. The maximum Gasteiger partial charge on any atom is 0.147 e. The highest BCUT2D eigenvalue weighted by Crippen LogP contribution is 2.27. The number of nitrogens with two attached hydrogens (primary N) is 1. The molecule has 1 aliphatic heterocycles. The molecule has 0 amide bonds. The monoisotopic (exact) mass is 238 g/mol. The molecule has 5 heteroatoms. The van der Waals surface area contributed by atoms with Gasteiger partial charge in [-0.05, 0) is 18.8 Å². The lowest BCUT2D eigenvalue weighted by Gasteiger charge is -2.12. The minimum absolute atomic E-state index is 0.312. The molecule has 0 spiro atoms. The third-order valence-corrected chi connectivity index (χ3v) is 3.18. The van der Waals surface area contributed by atoms with E-state index in [9.17, 15) is 0 Å². The summed E-state index contributed by atoms with van der Waals surface area (Å²) in [6.45, 7) is 5.89. The van der Waals surface area contributed by atoms with Crippen LogP contribution in [0.2, 0.25) is 0 Å². The molecule has 1 aromatic heterocycles. The number of hydrogen-bond acceptors (Lipinski definition) is 4. The quantitative estimate of drug-likeness (QED) is 0.838. The Hall–Kier alpha value is -1.23. The lowest BCUT2D eigenvalue weighted by Crippen LogP contribution is -2.20. The normalized spacial score (nSPS) is 20.1. The second kappa shape index (κ2) is 4.96. The highest BCUT2D eigenvalue weighted by molar-refractivity contribution is 5.65. The van der Waals surface area contributed by atoms with Gasteiger partial charge in [0.15, 0.2) is 0 Å². The molecule has 1 aliphatic rings. The van der Waals surface area contributed by atoms with Crippen molar-refractivity contribution in [2.24, 2.45) is 7.05 Å². The molecule has 5 nitrogen and oxygen atoms in total. The van der Waals surface area contributed by atoms with Crippen LogP contribution in [0.1, 0.15) is 38.3 Å². The second-order valence-corrected chi connectivity index (χ2v) is 4.94. The Kier molecular flexibility index (Phi) is 3.57. The van der Waals surface area contributed by atoms with Gasteiger partial charge in [-0.2, -0.15) is 5.10 Å². The first-order valence-corrected chi connectivity index (χ1v) is 6.27. The Morgan fingerprint density at radius 1 is 1.59 bits per heavy atom. The number of ether oxygens (including phenoxy) is 1. The van der Waals surface area contributed by atoms with Gasteiger partial charge >= 0.3 is 0 Å². The van der Waals surface area contributed by atoms with Crippen molar-refractivity contribution in [3.8, 4) is 0 Å².